The summed E-state index contributed by atoms with van der Waals surface area (Å²) < 4.78 is 5.36. The highest BCUT2D eigenvalue weighted by Gasteiger charge is 2.35. The predicted molar refractivity (Wildman–Crippen MR) is 72.3 cm³/mol. The number of likely N-dealkylation sites (tertiary alicyclic amines) is 1. The van der Waals surface area contributed by atoms with Gasteiger partial charge in [0.2, 0.25) is 0 Å². The van der Waals surface area contributed by atoms with Crippen LogP contribution < -0.4 is 4.74 Å². The molecule has 0 bridgehead atoms. The third-order valence-electron chi connectivity index (χ3n) is 3.67. The van der Waals surface area contributed by atoms with Gasteiger partial charge in [-0.3, -0.25) is 4.90 Å². The molecule has 0 aromatic heterocycles. The molecule has 0 atom stereocenters. The van der Waals surface area contributed by atoms with E-state index in [2.05, 4.69) is 18.4 Å². The molecule has 1 saturated heterocycles. The van der Waals surface area contributed by atoms with Crippen molar-refractivity contribution in [3.05, 3.63) is 36.4 Å². The van der Waals surface area contributed by atoms with E-state index < -0.39 is 5.60 Å². The van der Waals surface area contributed by atoms with Crippen LogP contribution in [0.5, 0.6) is 5.75 Å². The first-order chi connectivity index (χ1) is 8.69. The largest absolute Gasteiger partial charge is 0.496 e. The number of aliphatic hydroxyl groups is 1. The number of rotatable bonds is 4. The van der Waals surface area contributed by atoms with Crippen molar-refractivity contribution in [2.24, 2.45) is 0 Å². The van der Waals surface area contributed by atoms with Crippen LogP contribution in [0.15, 0.2) is 24.3 Å². The van der Waals surface area contributed by atoms with Crippen LogP contribution in [0.25, 0.3) is 0 Å². The van der Waals surface area contributed by atoms with Crippen molar-refractivity contribution in [3.8, 4) is 5.75 Å². The highest BCUT2D eigenvalue weighted by Crippen LogP contribution is 2.38. The zero-order valence-electron chi connectivity index (χ0n) is 11.2. The minimum atomic E-state index is -0.745. The molecule has 1 N–H and O–H groups in total. The molecule has 1 aromatic rings. The fraction of sp³-hybridized carbons (Fsp3) is 0.533. The van der Waals surface area contributed by atoms with E-state index in [9.17, 15) is 5.11 Å². The lowest BCUT2D eigenvalue weighted by Crippen LogP contribution is -2.41. The van der Waals surface area contributed by atoms with Crippen LogP contribution >= 0.6 is 0 Å². The average molecular weight is 248 g/mol. The Morgan fingerprint density at radius 1 is 1.33 bits per heavy atom. The Bertz CT molecular complexity index is 384. The molecule has 1 aliphatic heterocycles. The summed E-state index contributed by atoms with van der Waals surface area (Å²) in [5.41, 5.74) is 0.175. The zero-order valence-corrected chi connectivity index (χ0v) is 11.2. The molecule has 1 radical (unpaired) electrons. The molecule has 0 aliphatic carbocycles. The quantitative estimate of drug-likeness (QED) is 0.889. The Hall–Kier alpha value is -1.06. The summed E-state index contributed by atoms with van der Waals surface area (Å²) in [7, 11) is 1.65. The number of hydrogen-bond donors (Lipinski definition) is 1. The van der Waals surface area contributed by atoms with E-state index >= 15 is 0 Å². The topological polar surface area (TPSA) is 32.7 Å². The number of benzene rings is 1. The van der Waals surface area contributed by atoms with E-state index in [-0.39, 0.29) is 0 Å². The minimum absolute atomic E-state index is 0.745. The normalized spacial score (nSPS) is 19.7. The lowest BCUT2D eigenvalue weighted by atomic mass is 9.84. The average Bonchev–Trinajstić information content (AvgIpc) is 2.42. The fourth-order valence-corrected chi connectivity index (χ4v) is 2.63. The molecular formula is C15H22NO2. The van der Waals surface area contributed by atoms with Crippen LogP contribution in [0.3, 0.4) is 0 Å². The molecular weight excluding hydrogens is 226 g/mol. The van der Waals surface area contributed by atoms with E-state index in [1.165, 1.54) is 0 Å². The van der Waals surface area contributed by atoms with Crippen LogP contribution in [0.2, 0.25) is 0 Å². The predicted octanol–water partition coefficient (Wildman–Crippen LogP) is 2.55. The second-order valence-electron chi connectivity index (χ2n) is 4.86. The maximum atomic E-state index is 10.8. The van der Waals surface area contributed by atoms with Crippen molar-refractivity contribution in [1.82, 2.24) is 4.90 Å². The molecule has 0 spiro atoms. The van der Waals surface area contributed by atoms with Gasteiger partial charge >= 0.3 is 0 Å². The molecule has 1 fully saturated rings. The summed E-state index contributed by atoms with van der Waals surface area (Å²) in [6, 6.07) is 7.78. The molecule has 1 aliphatic rings. The third kappa shape index (κ3) is 2.68. The van der Waals surface area contributed by atoms with Crippen molar-refractivity contribution < 1.29 is 9.84 Å². The van der Waals surface area contributed by atoms with Gasteiger partial charge in [0.1, 0.15) is 5.75 Å². The Kier molecular flexibility index (Phi) is 4.25. The van der Waals surface area contributed by atoms with E-state index in [0.29, 0.717) is 0 Å². The summed E-state index contributed by atoms with van der Waals surface area (Å²) in [6.45, 7) is 6.16. The summed E-state index contributed by atoms with van der Waals surface area (Å²) in [5.74, 6) is 0.785. The van der Waals surface area contributed by atoms with Gasteiger partial charge < -0.3 is 9.84 Å². The smallest absolute Gasteiger partial charge is 0.124 e. The van der Waals surface area contributed by atoms with Gasteiger partial charge in [-0.05, 0) is 25.3 Å². The lowest BCUT2D eigenvalue weighted by molar-refractivity contribution is -0.0217. The molecule has 18 heavy (non-hydrogen) atoms. The molecule has 1 heterocycles. The van der Waals surface area contributed by atoms with Gasteiger partial charge in [-0.15, -0.1) is 0 Å². The van der Waals surface area contributed by atoms with Gasteiger partial charge in [-0.1, -0.05) is 25.1 Å². The standard InChI is InChI=1S/C15H22NO2/c1-3-10-16-11-8-15(17,9-12-16)13-6-4-5-7-14(13)18-2/h4-7,10,17H,3,8-9,11-12H2,1-2H3. The molecule has 2 rings (SSSR count). The molecule has 99 valence electrons. The first-order valence-corrected chi connectivity index (χ1v) is 6.63. The Labute approximate surface area is 109 Å². The number of para-hydroxylation sites is 1. The lowest BCUT2D eigenvalue weighted by Gasteiger charge is -2.38. The Balaban J connectivity index is 2.13. The van der Waals surface area contributed by atoms with Crippen molar-refractivity contribution in [2.45, 2.75) is 31.8 Å². The van der Waals surface area contributed by atoms with Crippen molar-refractivity contribution in [3.63, 3.8) is 0 Å². The van der Waals surface area contributed by atoms with E-state index in [1.54, 1.807) is 7.11 Å². The molecule has 3 heteroatoms. The molecule has 3 nitrogen and oxygen atoms in total. The van der Waals surface area contributed by atoms with Gasteiger partial charge in [-0.25, -0.2) is 0 Å². The number of piperidine rings is 1. The Morgan fingerprint density at radius 2 is 2.00 bits per heavy atom. The van der Waals surface area contributed by atoms with Gasteiger partial charge in [0.15, 0.2) is 0 Å². The van der Waals surface area contributed by atoms with Crippen LogP contribution in [-0.4, -0.2) is 30.2 Å². The third-order valence-corrected chi connectivity index (χ3v) is 3.67. The molecule has 1 aromatic carbocycles. The van der Waals surface area contributed by atoms with Gasteiger partial charge in [0.05, 0.1) is 12.7 Å². The second kappa shape index (κ2) is 5.72. The van der Waals surface area contributed by atoms with Crippen LogP contribution in [0.4, 0.5) is 0 Å². The monoisotopic (exact) mass is 248 g/mol. The van der Waals surface area contributed by atoms with Crippen molar-refractivity contribution in [2.75, 3.05) is 20.2 Å². The first kappa shape index (κ1) is 13.4. The van der Waals surface area contributed by atoms with Crippen LogP contribution in [0.1, 0.15) is 31.7 Å². The molecule has 0 saturated carbocycles. The molecule has 0 amide bonds. The first-order valence-electron chi connectivity index (χ1n) is 6.63. The number of ether oxygens (including phenoxy) is 1. The van der Waals surface area contributed by atoms with Crippen LogP contribution in [-0.2, 0) is 5.60 Å². The van der Waals surface area contributed by atoms with Crippen LogP contribution in [0, 0.1) is 6.54 Å². The van der Waals surface area contributed by atoms with Gasteiger partial charge in [0, 0.05) is 25.2 Å². The maximum Gasteiger partial charge on any atom is 0.124 e. The summed E-state index contributed by atoms with van der Waals surface area (Å²) >= 11 is 0. The minimum Gasteiger partial charge on any atom is -0.496 e. The summed E-state index contributed by atoms with van der Waals surface area (Å²) in [6.07, 6.45) is 2.56. The number of hydrogen-bond acceptors (Lipinski definition) is 3. The summed E-state index contributed by atoms with van der Waals surface area (Å²) in [4.78, 5) is 2.30. The van der Waals surface area contributed by atoms with Gasteiger partial charge in [0.25, 0.3) is 0 Å². The Morgan fingerprint density at radius 3 is 2.61 bits per heavy atom. The van der Waals surface area contributed by atoms with E-state index in [0.717, 1.165) is 43.7 Å². The van der Waals surface area contributed by atoms with Crippen molar-refractivity contribution >= 4 is 0 Å². The number of methoxy groups -OCH3 is 1. The second-order valence-corrected chi connectivity index (χ2v) is 4.86. The maximum absolute atomic E-state index is 10.8. The summed E-state index contributed by atoms with van der Waals surface area (Å²) in [5, 5.41) is 10.8. The zero-order chi connectivity index (χ0) is 13.0. The highest BCUT2D eigenvalue weighted by atomic mass is 16.5. The molecule has 0 unspecified atom stereocenters. The SMILES string of the molecule is CC[CH]N1CCC(O)(c2ccccc2OC)CC1. The highest BCUT2D eigenvalue weighted by molar-refractivity contribution is 5.38. The van der Waals surface area contributed by atoms with Gasteiger partial charge in [-0.2, -0.15) is 0 Å². The fourth-order valence-electron chi connectivity index (χ4n) is 2.63. The number of nitrogens with zero attached hydrogens (tertiary/aromatic N) is 1. The van der Waals surface area contributed by atoms with E-state index in [4.69, 9.17) is 4.74 Å². The van der Waals surface area contributed by atoms with E-state index in [1.807, 2.05) is 24.3 Å². The van der Waals surface area contributed by atoms with Crippen molar-refractivity contribution in [1.29, 1.82) is 0 Å².